The number of nitrogens with zero attached hydrogens (tertiary/aromatic N) is 3. The Balaban J connectivity index is 1.92. The van der Waals surface area contributed by atoms with Gasteiger partial charge in [-0.3, -0.25) is 9.20 Å². The van der Waals surface area contributed by atoms with Crippen molar-refractivity contribution in [3.8, 4) is 0 Å². The van der Waals surface area contributed by atoms with E-state index in [1.807, 2.05) is 11.9 Å². The molecule has 0 N–H and O–H groups in total. The number of rotatable bonds is 3. The monoisotopic (exact) mass is 317 g/mol. The average molecular weight is 318 g/mol. The van der Waals surface area contributed by atoms with Gasteiger partial charge in [0.1, 0.15) is 11.5 Å². The van der Waals surface area contributed by atoms with Crippen LogP contribution in [0.2, 0.25) is 5.02 Å². The van der Waals surface area contributed by atoms with E-state index in [0.29, 0.717) is 22.9 Å². The molecule has 2 aromatic heterocycles. The van der Waals surface area contributed by atoms with Crippen molar-refractivity contribution in [2.75, 3.05) is 11.9 Å². The van der Waals surface area contributed by atoms with Crippen LogP contribution in [0.25, 0.3) is 5.65 Å². The van der Waals surface area contributed by atoms with E-state index in [2.05, 4.69) is 4.98 Å². The zero-order chi connectivity index (χ0) is 15.7. The normalized spacial score (nSPS) is 10.9. The lowest BCUT2D eigenvalue weighted by Gasteiger charge is -2.18. The number of anilines is 1. The van der Waals surface area contributed by atoms with Crippen molar-refractivity contribution >= 4 is 22.9 Å². The smallest absolute Gasteiger partial charge is 0.258 e. The molecule has 0 amide bonds. The number of benzene rings is 1. The quantitative estimate of drug-likeness (QED) is 0.745. The first kappa shape index (κ1) is 14.5. The van der Waals surface area contributed by atoms with E-state index in [0.717, 1.165) is 5.69 Å². The van der Waals surface area contributed by atoms with Gasteiger partial charge in [-0.2, -0.15) is 0 Å². The van der Waals surface area contributed by atoms with Crippen LogP contribution in [-0.4, -0.2) is 16.4 Å². The second-order valence-corrected chi connectivity index (χ2v) is 5.43. The van der Waals surface area contributed by atoms with Crippen LogP contribution in [0.4, 0.5) is 10.1 Å². The Labute approximate surface area is 131 Å². The van der Waals surface area contributed by atoms with Crippen molar-refractivity contribution in [1.29, 1.82) is 0 Å². The Morgan fingerprint density at radius 2 is 1.95 bits per heavy atom. The van der Waals surface area contributed by atoms with Crippen molar-refractivity contribution in [3.05, 3.63) is 75.5 Å². The molecule has 0 spiro atoms. The van der Waals surface area contributed by atoms with E-state index >= 15 is 0 Å². The molecule has 0 bridgehead atoms. The first-order valence-corrected chi connectivity index (χ1v) is 7.05. The van der Waals surface area contributed by atoms with Gasteiger partial charge in [0.2, 0.25) is 0 Å². The Hall–Kier alpha value is -2.40. The number of pyridine rings is 1. The van der Waals surface area contributed by atoms with E-state index in [4.69, 9.17) is 11.6 Å². The second-order valence-electron chi connectivity index (χ2n) is 4.99. The fourth-order valence-electron chi connectivity index (χ4n) is 2.24. The predicted octanol–water partition coefficient (Wildman–Crippen LogP) is 3.12. The summed E-state index contributed by atoms with van der Waals surface area (Å²) in [5.74, 6) is -0.281. The minimum Gasteiger partial charge on any atom is -0.369 e. The summed E-state index contributed by atoms with van der Waals surface area (Å²) in [7, 11) is 1.86. The Morgan fingerprint density at radius 3 is 2.68 bits per heavy atom. The van der Waals surface area contributed by atoms with Gasteiger partial charge in [0.15, 0.2) is 0 Å². The van der Waals surface area contributed by atoms with E-state index in [1.165, 1.54) is 22.6 Å². The fourth-order valence-corrected chi connectivity index (χ4v) is 2.40. The van der Waals surface area contributed by atoms with Crippen LogP contribution in [0.15, 0.2) is 53.5 Å². The molecule has 0 aliphatic rings. The molecule has 0 radical (unpaired) electrons. The molecular weight excluding hydrogens is 305 g/mol. The van der Waals surface area contributed by atoms with Gasteiger partial charge in [-0.25, -0.2) is 9.37 Å². The van der Waals surface area contributed by atoms with Gasteiger partial charge < -0.3 is 4.90 Å². The molecule has 112 valence electrons. The van der Waals surface area contributed by atoms with Crippen LogP contribution in [0.1, 0.15) is 5.69 Å². The lowest BCUT2D eigenvalue weighted by atomic mass is 10.2. The highest BCUT2D eigenvalue weighted by molar-refractivity contribution is 6.30. The molecule has 4 nitrogen and oxygen atoms in total. The fraction of sp³-hybridized carbons (Fsp3) is 0.125. The minimum absolute atomic E-state index is 0.185. The summed E-state index contributed by atoms with van der Waals surface area (Å²) in [6.45, 7) is 0.444. The second kappa shape index (κ2) is 5.77. The summed E-state index contributed by atoms with van der Waals surface area (Å²) < 4.78 is 14.4. The summed E-state index contributed by atoms with van der Waals surface area (Å²) >= 11 is 5.88. The molecule has 0 aliphatic heterocycles. The van der Waals surface area contributed by atoms with Crippen molar-refractivity contribution in [2.45, 2.75) is 6.54 Å². The van der Waals surface area contributed by atoms with E-state index in [9.17, 15) is 9.18 Å². The number of aromatic nitrogens is 2. The van der Waals surface area contributed by atoms with E-state index in [-0.39, 0.29) is 11.4 Å². The zero-order valence-electron chi connectivity index (χ0n) is 11.8. The van der Waals surface area contributed by atoms with Crippen molar-refractivity contribution in [3.63, 3.8) is 0 Å². The SMILES string of the molecule is CN(Cc1cc(=O)n2cc(Cl)ccc2n1)c1ccc(F)cc1. The molecule has 3 rings (SSSR count). The predicted molar refractivity (Wildman–Crippen MR) is 85.0 cm³/mol. The lowest BCUT2D eigenvalue weighted by molar-refractivity contribution is 0.627. The summed E-state index contributed by atoms with van der Waals surface area (Å²) in [5, 5.41) is 0.479. The number of hydrogen-bond donors (Lipinski definition) is 0. The van der Waals surface area contributed by atoms with Gasteiger partial charge in [-0.1, -0.05) is 11.6 Å². The molecule has 2 heterocycles. The highest BCUT2D eigenvalue weighted by Gasteiger charge is 2.07. The first-order valence-electron chi connectivity index (χ1n) is 6.67. The Kier molecular flexibility index (Phi) is 3.81. The van der Waals surface area contributed by atoms with Crippen LogP contribution in [0, 0.1) is 5.82 Å². The molecule has 0 atom stereocenters. The van der Waals surface area contributed by atoms with Crippen LogP contribution in [0.5, 0.6) is 0 Å². The van der Waals surface area contributed by atoms with Gasteiger partial charge in [-0.15, -0.1) is 0 Å². The molecular formula is C16H13ClFN3O. The first-order chi connectivity index (χ1) is 10.5. The summed E-state index contributed by atoms with van der Waals surface area (Å²) in [6.07, 6.45) is 1.54. The van der Waals surface area contributed by atoms with Crippen molar-refractivity contribution in [1.82, 2.24) is 9.38 Å². The van der Waals surface area contributed by atoms with Gasteiger partial charge in [0.05, 0.1) is 17.3 Å². The third-order valence-corrected chi connectivity index (χ3v) is 3.57. The van der Waals surface area contributed by atoms with Gasteiger partial charge in [-0.05, 0) is 36.4 Å². The van der Waals surface area contributed by atoms with Crippen molar-refractivity contribution in [2.24, 2.45) is 0 Å². The number of hydrogen-bond acceptors (Lipinski definition) is 3. The van der Waals surface area contributed by atoms with E-state index < -0.39 is 0 Å². The highest BCUT2D eigenvalue weighted by atomic mass is 35.5. The Bertz CT molecular complexity index is 877. The summed E-state index contributed by atoms with van der Waals surface area (Å²) in [6, 6.07) is 11.0. The zero-order valence-corrected chi connectivity index (χ0v) is 12.6. The molecule has 0 saturated heterocycles. The summed E-state index contributed by atoms with van der Waals surface area (Å²) in [4.78, 5) is 18.5. The lowest BCUT2D eigenvalue weighted by Crippen LogP contribution is -2.21. The maximum atomic E-state index is 13.0. The maximum absolute atomic E-state index is 13.0. The Morgan fingerprint density at radius 1 is 1.23 bits per heavy atom. The highest BCUT2D eigenvalue weighted by Crippen LogP contribution is 2.15. The standard InChI is InChI=1S/C16H13ClFN3O/c1-20(14-5-3-12(18)4-6-14)10-13-8-16(22)21-9-11(17)2-7-15(21)19-13/h2-9H,10H2,1H3. The third-order valence-electron chi connectivity index (χ3n) is 3.34. The molecule has 0 unspecified atom stereocenters. The van der Waals surface area contributed by atoms with Crippen LogP contribution >= 0.6 is 11.6 Å². The molecule has 0 fully saturated rings. The molecule has 1 aromatic carbocycles. The average Bonchev–Trinajstić information content (AvgIpc) is 2.49. The van der Waals surface area contributed by atoms with Gasteiger partial charge in [0, 0.05) is 25.0 Å². The molecule has 0 saturated carbocycles. The van der Waals surface area contributed by atoms with Crippen LogP contribution < -0.4 is 10.5 Å². The molecule has 3 aromatic rings. The van der Waals surface area contributed by atoms with Crippen LogP contribution in [-0.2, 0) is 6.54 Å². The minimum atomic E-state index is -0.281. The summed E-state index contributed by atoms with van der Waals surface area (Å²) in [5.41, 5.74) is 1.84. The molecule has 6 heteroatoms. The largest absolute Gasteiger partial charge is 0.369 e. The van der Waals surface area contributed by atoms with Gasteiger partial charge >= 0.3 is 0 Å². The topological polar surface area (TPSA) is 37.6 Å². The van der Waals surface area contributed by atoms with Crippen LogP contribution in [0.3, 0.4) is 0 Å². The molecule has 22 heavy (non-hydrogen) atoms. The number of halogens is 2. The van der Waals surface area contributed by atoms with Crippen molar-refractivity contribution < 1.29 is 4.39 Å². The number of fused-ring (bicyclic) bond motifs is 1. The van der Waals surface area contributed by atoms with Gasteiger partial charge in [0.25, 0.3) is 5.56 Å². The molecule has 0 aliphatic carbocycles. The third kappa shape index (κ3) is 2.94. The van der Waals surface area contributed by atoms with E-state index in [1.54, 1.807) is 30.5 Å². The maximum Gasteiger partial charge on any atom is 0.258 e.